The molecule has 0 fully saturated rings. The molecule has 0 spiro atoms. The Morgan fingerprint density at radius 2 is 1.00 bits per heavy atom. The van der Waals surface area contributed by atoms with Gasteiger partial charge in [-0.25, -0.2) is 0 Å². The van der Waals surface area contributed by atoms with Crippen LogP contribution in [0.4, 0.5) is 0 Å². The summed E-state index contributed by atoms with van der Waals surface area (Å²) in [7, 11) is 0. The number of esters is 1. The summed E-state index contributed by atoms with van der Waals surface area (Å²) >= 11 is 0. The average molecular weight is 782 g/mol. The van der Waals surface area contributed by atoms with Crippen LogP contribution in [-0.4, -0.2) is 46.9 Å². The van der Waals surface area contributed by atoms with Crippen molar-refractivity contribution in [1.29, 1.82) is 0 Å². The van der Waals surface area contributed by atoms with Crippen molar-refractivity contribution in [3.05, 3.63) is 72.9 Å². The van der Waals surface area contributed by atoms with Crippen LogP contribution in [0.5, 0.6) is 0 Å². The summed E-state index contributed by atoms with van der Waals surface area (Å²) in [6.45, 7) is 6.27. The lowest BCUT2D eigenvalue weighted by Crippen LogP contribution is -2.46. The van der Waals surface area contributed by atoms with Crippen LogP contribution in [0.25, 0.3) is 0 Å². The lowest BCUT2D eigenvalue weighted by Gasteiger charge is -2.24. The zero-order valence-corrected chi connectivity index (χ0v) is 36.5. The molecule has 3 atom stereocenters. The van der Waals surface area contributed by atoms with Crippen molar-refractivity contribution < 1.29 is 24.5 Å². The van der Waals surface area contributed by atoms with E-state index < -0.39 is 18.2 Å². The van der Waals surface area contributed by atoms with E-state index in [1.807, 2.05) is 48.6 Å². The molecule has 0 aliphatic carbocycles. The summed E-state index contributed by atoms with van der Waals surface area (Å²) in [5.74, 6) is -0.558. The summed E-state index contributed by atoms with van der Waals surface area (Å²) in [4.78, 5) is 26.0. The molecule has 0 rings (SSSR count). The number of allylic oxidation sites excluding steroid dienone is 12. The summed E-state index contributed by atoms with van der Waals surface area (Å²) in [6, 6.07) is -0.725. The van der Waals surface area contributed by atoms with Crippen molar-refractivity contribution >= 4 is 11.9 Å². The molecular formula is C50H87NO5. The lowest BCUT2D eigenvalue weighted by atomic mass is 10.0. The molecule has 6 heteroatoms. The number of hydrogen-bond donors (Lipinski definition) is 3. The van der Waals surface area contributed by atoms with Crippen molar-refractivity contribution in [3.8, 4) is 0 Å². The molecule has 3 N–H and O–H groups in total. The van der Waals surface area contributed by atoms with Crippen molar-refractivity contribution in [2.45, 2.75) is 225 Å². The molecule has 0 bridgehead atoms. The Hall–Kier alpha value is -2.70. The summed E-state index contributed by atoms with van der Waals surface area (Å²) in [6.07, 6.45) is 53.9. The fourth-order valence-electron chi connectivity index (χ4n) is 6.63. The van der Waals surface area contributed by atoms with Crippen LogP contribution in [0.15, 0.2) is 72.9 Å². The fraction of sp³-hybridized carbons (Fsp3) is 0.720. The van der Waals surface area contributed by atoms with Gasteiger partial charge in [0.15, 0.2) is 0 Å². The third-order valence-electron chi connectivity index (χ3n) is 10.1. The van der Waals surface area contributed by atoms with Crippen LogP contribution in [0.3, 0.4) is 0 Å². The summed E-state index contributed by atoms with van der Waals surface area (Å²) in [5.41, 5.74) is 0. The number of carbonyl (C=O) groups is 2. The van der Waals surface area contributed by atoms with E-state index in [2.05, 4.69) is 50.4 Å². The number of unbranched alkanes of at least 4 members (excludes halogenated alkanes) is 20. The largest absolute Gasteiger partial charge is 0.462 e. The standard InChI is InChI=1S/C50H87NO5/c1-4-7-10-13-16-19-21-23-24-26-28-31-34-37-40-43-50(55)56-46(41-38-35-32-30-27-25-22-20-17-14-11-8-5-2)44-49(54)51-47(45-52)48(53)42-39-36-33-29-18-15-12-9-6-3/h8,11,14,17,19-22,25,27,30,32,46-48,52-53H,4-7,9-10,12-13,15-16,18,23-24,26,28-29,31,33-45H2,1-3H3,(H,51,54)/b11-8+,17-14+,21-19-,22-20-,27-25-,32-30+. The molecular weight excluding hydrogens is 695 g/mol. The zero-order chi connectivity index (χ0) is 41.0. The highest BCUT2D eigenvalue weighted by Crippen LogP contribution is 2.16. The van der Waals surface area contributed by atoms with Crippen LogP contribution >= 0.6 is 0 Å². The molecule has 0 heterocycles. The lowest BCUT2D eigenvalue weighted by molar-refractivity contribution is -0.151. The van der Waals surface area contributed by atoms with Gasteiger partial charge in [-0.15, -0.1) is 0 Å². The summed E-state index contributed by atoms with van der Waals surface area (Å²) in [5, 5.41) is 23.6. The minimum atomic E-state index is -0.807. The molecule has 0 radical (unpaired) electrons. The van der Waals surface area contributed by atoms with Crippen molar-refractivity contribution in [2.75, 3.05) is 6.61 Å². The number of aliphatic hydroxyl groups is 2. The summed E-state index contributed by atoms with van der Waals surface area (Å²) < 4.78 is 5.87. The van der Waals surface area contributed by atoms with Crippen molar-refractivity contribution in [3.63, 3.8) is 0 Å². The van der Waals surface area contributed by atoms with Gasteiger partial charge in [-0.05, 0) is 64.2 Å². The van der Waals surface area contributed by atoms with E-state index in [0.717, 1.165) is 57.8 Å². The van der Waals surface area contributed by atoms with Crippen LogP contribution in [0.1, 0.15) is 207 Å². The second-order valence-corrected chi connectivity index (χ2v) is 15.5. The normalized spacial score (nSPS) is 14.0. The van der Waals surface area contributed by atoms with Gasteiger partial charge in [0.25, 0.3) is 0 Å². The van der Waals surface area contributed by atoms with Crippen LogP contribution in [0.2, 0.25) is 0 Å². The molecule has 0 aromatic carbocycles. The van der Waals surface area contributed by atoms with Crippen LogP contribution in [0, 0.1) is 0 Å². The first-order valence-electron chi connectivity index (χ1n) is 23.2. The van der Waals surface area contributed by atoms with E-state index in [9.17, 15) is 19.8 Å². The number of nitrogens with one attached hydrogen (secondary N) is 1. The first-order valence-corrected chi connectivity index (χ1v) is 23.2. The Bertz CT molecular complexity index is 1060. The number of carbonyl (C=O) groups excluding carboxylic acids is 2. The Balaban J connectivity index is 4.72. The van der Waals surface area contributed by atoms with Gasteiger partial charge in [-0.1, -0.05) is 203 Å². The van der Waals surface area contributed by atoms with Crippen LogP contribution < -0.4 is 5.32 Å². The van der Waals surface area contributed by atoms with E-state index in [-0.39, 0.29) is 24.9 Å². The van der Waals surface area contributed by atoms with E-state index in [1.54, 1.807) is 0 Å². The Kier molecular flexibility index (Phi) is 41.3. The van der Waals surface area contributed by atoms with E-state index in [0.29, 0.717) is 19.3 Å². The molecule has 0 aliphatic heterocycles. The van der Waals surface area contributed by atoms with Gasteiger partial charge < -0.3 is 20.3 Å². The second kappa shape index (κ2) is 43.4. The van der Waals surface area contributed by atoms with Gasteiger partial charge in [0, 0.05) is 6.42 Å². The number of hydrogen-bond acceptors (Lipinski definition) is 5. The second-order valence-electron chi connectivity index (χ2n) is 15.5. The minimum absolute atomic E-state index is 0.0242. The molecule has 0 saturated carbocycles. The molecule has 322 valence electrons. The minimum Gasteiger partial charge on any atom is -0.462 e. The van der Waals surface area contributed by atoms with E-state index in [4.69, 9.17) is 4.74 Å². The van der Waals surface area contributed by atoms with Gasteiger partial charge in [-0.2, -0.15) is 0 Å². The quantitative estimate of drug-likeness (QED) is 0.0249. The Morgan fingerprint density at radius 3 is 1.55 bits per heavy atom. The molecule has 6 nitrogen and oxygen atoms in total. The number of aliphatic hydroxyl groups excluding tert-OH is 2. The molecule has 0 saturated heterocycles. The van der Waals surface area contributed by atoms with Crippen molar-refractivity contribution in [1.82, 2.24) is 5.32 Å². The third kappa shape index (κ3) is 38.2. The zero-order valence-electron chi connectivity index (χ0n) is 36.5. The topological polar surface area (TPSA) is 95.9 Å². The SMILES string of the molecule is CC/C=C/C=C/C=C\C=C/C=C/CCCC(CC(=O)NC(CO)C(O)CCCCCCCCCCC)OC(=O)CCCCCCCCC/C=C\CCCCCC. The smallest absolute Gasteiger partial charge is 0.306 e. The third-order valence-corrected chi connectivity index (χ3v) is 10.1. The number of rotatable bonds is 40. The monoisotopic (exact) mass is 782 g/mol. The maximum absolute atomic E-state index is 13.1. The van der Waals surface area contributed by atoms with Crippen LogP contribution in [-0.2, 0) is 14.3 Å². The Labute approximate surface area is 345 Å². The number of ether oxygens (including phenoxy) is 1. The first kappa shape index (κ1) is 53.3. The van der Waals surface area contributed by atoms with Gasteiger partial charge >= 0.3 is 5.97 Å². The molecule has 0 aromatic rings. The molecule has 0 aromatic heterocycles. The molecule has 56 heavy (non-hydrogen) atoms. The van der Waals surface area contributed by atoms with Gasteiger partial charge in [0.2, 0.25) is 5.91 Å². The van der Waals surface area contributed by atoms with Gasteiger partial charge in [0.1, 0.15) is 6.10 Å². The average Bonchev–Trinajstić information content (AvgIpc) is 3.19. The van der Waals surface area contributed by atoms with Crippen molar-refractivity contribution in [2.24, 2.45) is 0 Å². The van der Waals surface area contributed by atoms with E-state index in [1.165, 1.54) is 103 Å². The highest BCUT2D eigenvalue weighted by Gasteiger charge is 2.24. The van der Waals surface area contributed by atoms with Gasteiger partial charge in [-0.3, -0.25) is 9.59 Å². The number of amides is 1. The predicted octanol–water partition coefficient (Wildman–Crippen LogP) is 13.4. The first-order chi connectivity index (χ1) is 27.5. The Morgan fingerprint density at radius 1 is 0.536 bits per heavy atom. The predicted molar refractivity (Wildman–Crippen MR) is 241 cm³/mol. The molecule has 3 unspecified atom stereocenters. The molecule has 1 amide bonds. The maximum Gasteiger partial charge on any atom is 0.306 e. The highest BCUT2D eigenvalue weighted by molar-refractivity contribution is 5.77. The fourth-order valence-corrected chi connectivity index (χ4v) is 6.63. The van der Waals surface area contributed by atoms with Gasteiger partial charge in [0.05, 0.1) is 25.2 Å². The van der Waals surface area contributed by atoms with E-state index >= 15 is 0 Å². The maximum atomic E-state index is 13.1. The molecule has 0 aliphatic rings. The highest BCUT2D eigenvalue weighted by atomic mass is 16.5.